The average molecular weight is 306 g/mol. The van der Waals surface area contributed by atoms with Gasteiger partial charge in [-0.2, -0.15) is 0 Å². The molecule has 0 radical (unpaired) electrons. The number of aromatic nitrogens is 2. The van der Waals surface area contributed by atoms with Crippen molar-refractivity contribution in [3.05, 3.63) is 52.8 Å². The van der Waals surface area contributed by atoms with E-state index in [9.17, 15) is 4.79 Å². The Morgan fingerprint density at radius 2 is 1.95 bits per heavy atom. The maximum atomic E-state index is 12.1. The minimum atomic E-state index is -0.276. The van der Waals surface area contributed by atoms with Crippen LogP contribution in [-0.4, -0.2) is 23.2 Å². The zero-order valence-electron chi connectivity index (χ0n) is 11.8. The average Bonchev–Trinajstić information content (AvgIpc) is 2.53. The van der Waals surface area contributed by atoms with E-state index in [1.807, 2.05) is 31.2 Å². The molecule has 0 saturated carbocycles. The van der Waals surface area contributed by atoms with Crippen LogP contribution in [-0.2, 0) is 0 Å². The van der Waals surface area contributed by atoms with Gasteiger partial charge in [0.15, 0.2) is 10.8 Å². The van der Waals surface area contributed by atoms with Crippen LogP contribution in [0.25, 0.3) is 0 Å². The van der Waals surface area contributed by atoms with Crippen molar-refractivity contribution in [2.45, 2.75) is 19.4 Å². The molecule has 1 atom stereocenters. The lowest BCUT2D eigenvalue weighted by Gasteiger charge is -2.17. The van der Waals surface area contributed by atoms with Gasteiger partial charge in [-0.15, -0.1) is 10.2 Å². The van der Waals surface area contributed by atoms with Gasteiger partial charge in [0.1, 0.15) is 5.75 Å². The summed E-state index contributed by atoms with van der Waals surface area (Å²) >= 11 is 5.66. The molecule has 0 aliphatic heterocycles. The summed E-state index contributed by atoms with van der Waals surface area (Å²) in [6.45, 7) is 2.00. The summed E-state index contributed by atoms with van der Waals surface area (Å²) in [5.41, 5.74) is 1.25. The predicted octanol–water partition coefficient (Wildman–Crippen LogP) is 3.02. The first-order valence-electron chi connectivity index (χ1n) is 6.58. The second kappa shape index (κ2) is 7.04. The zero-order chi connectivity index (χ0) is 15.2. The molecule has 0 fully saturated rings. The van der Waals surface area contributed by atoms with Gasteiger partial charge in [0, 0.05) is 0 Å². The van der Waals surface area contributed by atoms with E-state index in [-0.39, 0.29) is 22.8 Å². The lowest BCUT2D eigenvalue weighted by molar-refractivity contribution is 0.0929. The summed E-state index contributed by atoms with van der Waals surface area (Å²) in [5, 5.41) is 10.6. The minimum absolute atomic E-state index is 0.0964. The number of rotatable bonds is 5. The number of halogens is 1. The van der Waals surface area contributed by atoms with Gasteiger partial charge in [-0.3, -0.25) is 4.79 Å². The highest BCUT2D eigenvalue weighted by atomic mass is 35.5. The first-order chi connectivity index (χ1) is 10.1. The monoisotopic (exact) mass is 305 g/mol. The molecule has 0 aliphatic carbocycles. The Morgan fingerprint density at radius 3 is 2.48 bits per heavy atom. The number of carbonyl (C=O) groups is 1. The number of benzene rings is 1. The van der Waals surface area contributed by atoms with Crippen LogP contribution in [0.4, 0.5) is 0 Å². The summed E-state index contributed by atoms with van der Waals surface area (Å²) in [4.78, 5) is 12.1. The van der Waals surface area contributed by atoms with Gasteiger partial charge in [-0.05, 0) is 36.2 Å². The SMILES string of the molecule is CCC(NC(=O)c1ccc(Cl)nn1)c1ccc(OC)cc1. The summed E-state index contributed by atoms with van der Waals surface area (Å²) in [6, 6.07) is 10.6. The van der Waals surface area contributed by atoms with Crippen LogP contribution >= 0.6 is 11.6 Å². The molecule has 110 valence electrons. The molecule has 21 heavy (non-hydrogen) atoms. The third-order valence-corrected chi connectivity index (χ3v) is 3.30. The van der Waals surface area contributed by atoms with Gasteiger partial charge in [0.25, 0.3) is 5.91 Å². The quantitative estimate of drug-likeness (QED) is 0.922. The highest BCUT2D eigenvalue weighted by molar-refractivity contribution is 6.29. The zero-order valence-corrected chi connectivity index (χ0v) is 12.6. The molecule has 1 amide bonds. The lowest BCUT2D eigenvalue weighted by atomic mass is 10.0. The molecule has 0 saturated heterocycles. The summed E-state index contributed by atoms with van der Waals surface area (Å²) < 4.78 is 5.13. The topological polar surface area (TPSA) is 64.1 Å². The highest BCUT2D eigenvalue weighted by Gasteiger charge is 2.15. The number of ether oxygens (including phenoxy) is 1. The van der Waals surface area contributed by atoms with Crippen molar-refractivity contribution >= 4 is 17.5 Å². The standard InChI is InChI=1S/C15H16ClN3O2/c1-3-12(10-4-6-11(21-2)7-5-10)17-15(20)13-8-9-14(16)19-18-13/h4-9,12H,3H2,1-2H3,(H,17,20). The summed E-state index contributed by atoms with van der Waals surface area (Å²) in [7, 11) is 1.62. The molecule has 0 aliphatic rings. The lowest BCUT2D eigenvalue weighted by Crippen LogP contribution is -2.29. The number of carbonyl (C=O) groups excluding carboxylic acids is 1. The molecule has 1 unspecified atom stereocenters. The van der Waals surface area contributed by atoms with Crippen molar-refractivity contribution in [3.63, 3.8) is 0 Å². The number of amides is 1. The Morgan fingerprint density at radius 1 is 1.24 bits per heavy atom. The number of nitrogens with zero attached hydrogens (tertiary/aromatic N) is 2. The fourth-order valence-electron chi connectivity index (χ4n) is 1.93. The van der Waals surface area contributed by atoms with E-state index < -0.39 is 0 Å². The second-order valence-corrected chi connectivity index (χ2v) is 4.84. The van der Waals surface area contributed by atoms with Gasteiger partial charge in [-0.25, -0.2) is 0 Å². The van der Waals surface area contributed by atoms with E-state index in [1.54, 1.807) is 13.2 Å². The Balaban J connectivity index is 2.10. The van der Waals surface area contributed by atoms with Crippen LogP contribution in [0.2, 0.25) is 5.15 Å². The van der Waals surface area contributed by atoms with Gasteiger partial charge >= 0.3 is 0 Å². The van der Waals surface area contributed by atoms with E-state index in [0.29, 0.717) is 0 Å². The van der Waals surface area contributed by atoms with Gasteiger partial charge in [-0.1, -0.05) is 30.7 Å². The third kappa shape index (κ3) is 3.92. The van der Waals surface area contributed by atoms with Crippen molar-refractivity contribution in [1.29, 1.82) is 0 Å². The molecule has 2 aromatic rings. The van der Waals surface area contributed by atoms with Crippen LogP contribution in [0, 0.1) is 0 Å². The number of hydrogen-bond donors (Lipinski definition) is 1. The Labute approximate surface area is 128 Å². The maximum Gasteiger partial charge on any atom is 0.272 e. The van der Waals surface area contributed by atoms with Crippen LogP contribution in [0.1, 0.15) is 35.4 Å². The summed E-state index contributed by atoms with van der Waals surface area (Å²) in [5.74, 6) is 0.505. The first-order valence-corrected chi connectivity index (χ1v) is 6.96. The Kier molecular flexibility index (Phi) is 5.11. The van der Waals surface area contributed by atoms with E-state index >= 15 is 0 Å². The van der Waals surface area contributed by atoms with Crippen molar-refractivity contribution in [3.8, 4) is 5.75 Å². The summed E-state index contributed by atoms with van der Waals surface area (Å²) in [6.07, 6.45) is 0.763. The fourth-order valence-corrected chi connectivity index (χ4v) is 2.03. The van der Waals surface area contributed by atoms with Crippen molar-refractivity contribution in [2.24, 2.45) is 0 Å². The molecule has 0 bridgehead atoms. The smallest absolute Gasteiger partial charge is 0.272 e. The van der Waals surface area contributed by atoms with Crippen molar-refractivity contribution < 1.29 is 9.53 Å². The predicted molar refractivity (Wildman–Crippen MR) is 80.5 cm³/mol. The molecule has 5 nitrogen and oxygen atoms in total. The number of hydrogen-bond acceptors (Lipinski definition) is 4. The molecule has 0 spiro atoms. The van der Waals surface area contributed by atoms with Crippen molar-refractivity contribution in [1.82, 2.24) is 15.5 Å². The van der Waals surface area contributed by atoms with E-state index in [4.69, 9.17) is 16.3 Å². The highest BCUT2D eigenvalue weighted by Crippen LogP contribution is 2.20. The van der Waals surface area contributed by atoms with Crippen LogP contribution in [0.5, 0.6) is 5.75 Å². The Bertz CT molecular complexity index is 599. The molecule has 1 aromatic heterocycles. The third-order valence-electron chi connectivity index (χ3n) is 3.10. The fraction of sp³-hybridized carbons (Fsp3) is 0.267. The molecule has 6 heteroatoms. The molecule has 2 rings (SSSR count). The van der Waals surface area contributed by atoms with Crippen LogP contribution in [0.15, 0.2) is 36.4 Å². The van der Waals surface area contributed by atoms with Gasteiger partial charge in [0.2, 0.25) is 0 Å². The number of nitrogens with one attached hydrogen (secondary N) is 1. The first kappa shape index (κ1) is 15.3. The van der Waals surface area contributed by atoms with Gasteiger partial charge in [0.05, 0.1) is 13.2 Å². The normalized spacial score (nSPS) is 11.8. The van der Waals surface area contributed by atoms with Crippen LogP contribution in [0.3, 0.4) is 0 Å². The minimum Gasteiger partial charge on any atom is -0.497 e. The molecule has 1 heterocycles. The van der Waals surface area contributed by atoms with E-state index in [0.717, 1.165) is 17.7 Å². The number of methoxy groups -OCH3 is 1. The molecule has 1 N–H and O–H groups in total. The maximum absolute atomic E-state index is 12.1. The van der Waals surface area contributed by atoms with Gasteiger partial charge < -0.3 is 10.1 Å². The largest absolute Gasteiger partial charge is 0.497 e. The molecular weight excluding hydrogens is 290 g/mol. The Hall–Kier alpha value is -2.14. The molecular formula is C15H16ClN3O2. The molecule has 1 aromatic carbocycles. The van der Waals surface area contributed by atoms with Crippen LogP contribution < -0.4 is 10.1 Å². The second-order valence-electron chi connectivity index (χ2n) is 4.45. The van der Waals surface area contributed by atoms with Crippen molar-refractivity contribution in [2.75, 3.05) is 7.11 Å². The van der Waals surface area contributed by atoms with E-state index in [2.05, 4.69) is 15.5 Å². The van der Waals surface area contributed by atoms with E-state index in [1.165, 1.54) is 6.07 Å².